The molecule has 0 unspecified atom stereocenters. The van der Waals surface area contributed by atoms with Gasteiger partial charge in [0.15, 0.2) is 6.29 Å². The zero-order valence-electron chi connectivity index (χ0n) is 8.34. The first-order valence-corrected chi connectivity index (χ1v) is 4.72. The van der Waals surface area contributed by atoms with Crippen LogP contribution in [0.4, 0.5) is 10.5 Å². The van der Waals surface area contributed by atoms with Crippen LogP contribution < -0.4 is 10.2 Å². The van der Waals surface area contributed by atoms with Gasteiger partial charge < -0.3 is 0 Å². The van der Waals surface area contributed by atoms with Gasteiger partial charge >= 0.3 is 6.03 Å². The molecule has 16 heavy (non-hydrogen) atoms. The van der Waals surface area contributed by atoms with E-state index in [1.165, 1.54) is 17.3 Å². The lowest BCUT2D eigenvalue weighted by Crippen LogP contribution is -2.49. The number of hydrogen-bond donors (Lipinski definition) is 1. The zero-order chi connectivity index (χ0) is 11.5. The minimum atomic E-state index is -0.485. The lowest BCUT2D eigenvalue weighted by molar-refractivity contribution is -0.120. The first-order valence-electron chi connectivity index (χ1n) is 4.72. The number of aromatic nitrogens is 1. The van der Waals surface area contributed by atoms with E-state index in [1.807, 2.05) is 0 Å². The minimum Gasteiger partial charge on any atom is -0.298 e. The molecule has 0 atom stereocenters. The number of pyridine rings is 1. The van der Waals surface area contributed by atoms with E-state index in [2.05, 4.69) is 10.3 Å². The van der Waals surface area contributed by atoms with Crippen LogP contribution in [0.1, 0.15) is 16.8 Å². The van der Waals surface area contributed by atoms with Crippen molar-refractivity contribution in [1.29, 1.82) is 0 Å². The number of rotatable bonds is 2. The monoisotopic (exact) mass is 219 g/mol. The molecular weight excluding hydrogens is 210 g/mol. The van der Waals surface area contributed by atoms with Crippen molar-refractivity contribution >= 4 is 23.9 Å². The standard InChI is InChI=1S/C10H9N3O3/c14-6-7-3-8(5-11-4-7)13-2-1-9(15)12-10(13)16/h3-6H,1-2H2,(H,12,15,16). The molecule has 2 rings (SSSR count). The molecule has 0 aromatic carbocycles. The van der Waals surface area contributed by atoms with Crippen LogP contribution >= 0.6 is 0 Å². The molecule has 0 spiro atoms. The van der Waals surface area contributed by atoms with Gasteiger partial charge in [-0.2, -0.15) is 0 Å². The number of carbonyl (C=O) groups is 3. The van der Waals surface area contributed by atoms with Crippen LogP contribution in [0.3, 0.4) is 0 Å². The second-order valence-electron chi connectivity index (χ2n) is 3.35. The normalized spacial score (nSPS) is 15.9. The fraction of sp³-hybridized carbons (Fsp3) is 0.200. The molecule has 82 valence electrons. The molecule has 1 aromatic heterocycles. The summed E-state index contributed by atoms with van der Waals surface area (Å²) in [4.78, 5) is 38.2. The van der Waals surface area contributed by atoms with Gasteiger partial charge in [-0.15, -0.1) is 0 Å². The quantitative estimate of drug-likeness (QED) is 0.727. The van der Waals surface area contributed by atoms with E-state index < -0.39 is 6.03 Å². The van der Waals surface area contributed by atoms with Gasteiger partial charge in [-0.1, -0.05) is 0 Å². The molecule has 1 saturated heterocycles. The second-order valence-corrected chi connectivity index (χ2v) is 3.35. The van der Waals surface area contributed by atoms with Crippen molar-refractivity contribution in [3.8, 4) is 0 Å². The molecule has 1 aliphatic rings. The Labute approximate surface area is 91.3 Å². The summed E-state index contributed by atoms with van der Waals surface area (Å²) in [5, 5.41) is 2.20. The van der Waals surface area contributed by atoms with Crippen molar-refractivity contribution in [1.82, 2.24) is 10.3 Å². The topological polar surface area (TPSA) is 79.4 Å². The summed E-state index contributed by atoms with van der Waals surface area (Å²) in [6.45, 7) is 0.300. The molecule has 1 N–H and O–H groups in total. The van der Waals surface area contributed by atoms with Crippen LogP contribution in [0.25, 0.3) is 0 Å². The summed E-state index contributed by atoms with van der Waals surface area (Å²) in [6.07, 6.45) is 3.78. The maximum Gasteiger partial charge on any atom is 0.328 e. The third kappa shape index (κ3) is 1.90. The molecular formula is C10H9N3O3. The fourth-order valence-electron chi connectivity index (χ4n) is 1.47. The Morgan fingerprint density at radius 2 is 2.19 bits per heavy atom. The number of hydrogen-bond acceptors (Lipinski definition) is 4. The minimum absolute atomic E-state index is 0.247. The maximum atomic E-state index is 11.5. The van der Waals surface area contributed by atoms with E-state index in [1.54, 1.807) is 6.07 Å². The van der Waals surface area contributed by atoms with Gasteiger partial charge in [-0.3, -0.25) is 24.8 Å². The van der Waals surface area contributed by atoms with Crippen LogP contribution in [-0.4, -0.2) is 29.8 Å². The molecule has 6 nitrogen and oxygen atoms in total. The Morgan fingerprint density at radius 1 is 1.38 bits per heavy atom. The highest BCUT2D eigenvalue weighted by molar-refractivity contribution is 6.05. The van der Waals surface area contributed by atoms with Crippen molar-refractivity contribution in [3.05, 3.63) is 24.0 Å². The molecule has 1 aliphatic heterocycles. The average molecular weight is 219 g/mol. The van der Waals surface area contributed by atoms with E-state index in [0.717, 1.165) is 0 Å². The van der Waals surface area contributed by atoms with Crippen LogP contribution in [0.15, 0.2) is 18.5 Å². The van der Waals surface area contributed by atoms with E-state index >= 15 is 0 Å². The van der Waals surface area contributed by atoms with E-state index in [9.17, 15) is 14.4 Å². The number of nitrogens with zero attached hydrogens (tertiary/aromatic N) is 2. The van der Waals surface area contributed by atoms with Gasteiger partial charge in [-0.05, 0) is 6.07 Å². The Kier molecular flexibility index (Phi) is 2.63. The largest absolute Gasteiger partial charge is 0.328 e. The number of amides is 3. The van der Waals surface area contributed by atoms with Crippen LogP contribution in [0, 0.1) is 0 Å². The Bertz CT molecular complexity index is 458. The average Bonchev–Trinajstić information content (AvgIpc) is 2.29. The number of anilines is 1. The Balaban J connectivity index is 2.26. The van der Waals surface area contributed by atoms with E-state index in [-0.39, 0.29) is 12.3 Å². The lowest BCUT2D eigenvalue weighted by atomic mass is 10.2. The molecule has 0 radical (unpaired) electrons. The van der Waals surface area contributed by atoms with Crippen molar-refractivity contribution < 1.29 is 14.4 Å². The number of carbonyl (C=O) groups excluding carboxylic acids is 3. The fourth-order valence-corrected chi connectivity index (χ4v) is 1.47. The highest BCUT2D eigenvalue weighted by Crippen LogP contribution is 2.16. The number of nitrogens with one attached hydrogen (secondary N) is 1. The third-order valence-electron chi connectivity index (χ3n) is 2.25. The number of urea groups is 1. The molecule has 0 saturated carbocycles. The van der Waals surface area contributed by atoms with Gasteiger partial charge in [0.1, 0.15) is 0 Å². The van der Waals surface area contributed by atoms with Crippen molar-refractivity contribution in [2.45, 2.75) is 6.42 Å². The van der Waals surface area contributed by atoms with Gasteiger partial charge in [-0.25, -0.2) is 4.79 Å². The van der Waals surface area contributed by atoms with Crippen molar-refractivity contribution in [2.24, 2.45) is 0 Å². The van der Waals surface area contributed by atoms with E-state index in [0.29, 0.717) is 24.1 Å². The number of aldehydes is 1. The van der Waals surface area contributed by atoms with Crippen LogP contribution in [-0.2, 0) is 4.79 Å². The molecule has 3 amide bonds. The molecule has 1 fully saturated rings. The highest BCUT2D eigenvalue weighted by atomic mass is 16.2. The van der Waals surface area contributed by atoms with Gasteiger partial charge in [0.2, 0.25) is 5.91 Å². The molecule has 0 bridgehead atoms. The second kappa shape index (κ2) is 4.09. The smallest absolute Gasteiger partial charge is 0.298 e. The predicted octanol–water partition coefficient (Wildman–Crippen LogP) is 0.340. The number of imide groups is 1. The summed E-state index contributed by atoms with van der Waals surface area (Å²) in [5.74, 6) is -0.291. The maximum absolute atomic E-state index is 11.5. The molecule has 6 heteroatoms. The summed E-state index contributed by atoms with van der Waals surface area (Å²) in [5.41, 5.74) is 0.900. The van der Waals surface area contributed by atoms with E-state index in [4.69, 9.17) is 0 Å². The Morgan fingerprint density at radius 3 is 2.88 bits per heavy atom. The molecule has 0 aliphatic carbocycles. The van der Waals surface area contributed by atoms with Crippen molar-refractivity contribution in [2.75, 3.05) is 11.4 Å². The van der Waals surface area contributed by atoms with Crippen LogP contribution in [0.5, 0.6) is 0 Å². The highest BCUT2D eigenvalue weighted by Gasteiger charge is 2.24. The van der Waals surface area contributed by atoms with Gasteiger partial charge in [0, 0.05) is 24.7 Å². The van der Waals surface area contributed by atoms with Gasteiger partial charge in [0.25, 0.3) is 0 Å². The Hall–Kier alpha value is -2.24. The summed E-state index contributed by atoms with van der Waals surface area (Å²) < 4.78 is 0. The summed E-state index contributed by atoms with van der Waals surface area (Å²) >= 11 is 0. The molecule has 1 aromatic rings. The van der Waals surface area contributed by atoms with Crippen molar-refractivity contribution in [3.63, 3.8) is 0 Å². The molecule has 2 heterocycles. The zero-order valence-corrected chi connectivity index (χ0v) is 8.34. The van der Waals surface area contributed by atoms with Crippen LogP contribution in [0.2, 0.25) is 0 Å². The first-order chi connectivity index (χ1) is 7.70. The lowest BCUT2D eigenvalue weighted by Gasteiger charge is -2.26. The predicted molar refractivity (Wildman–Crippen MR) is 55.1 cm³/mol. The van der Waals surface area contributed by atoms with Gasteiger partial charge in [0.05, 0.1) is 11.9 Å². The SMILES string of the molecule is O=Cc1cncc(N2CCC(=O)NC2=O)c1. The first kappa shape index (κ1) is 10.3. The summed E-state index contributed by atoms with van der Waals surface area (Å²) in [6, 6.07) is 1.07. The summed E-state index contributed by atoms with van der Waals surface area (Å²) in [7, 11) is 0. The third-order valence-corrected chi connectivity index (χ3v) is 2.25.